The average Bonchev–Trinajstić information content (AvgIpc) is 2.43. The van der Waals surface area contributed by atoms with Crippen LogP contribution in [0.1, 0.15) is 44.7 Å². The van der Waals surface area contributed by atoms with Crippen molar-refractivity contribution in [2.24, 2.45) is 0 Å². The second kappa shape index (κ2) is 6.76. The van der Waals surface area contributed by atoms with Gasteiger partial charge in [0.2, 0.25) is 0 Å². The van der Waals surface area contributed by atoms with Crippen LogP contribution in [0.5, 0.6) is 0 Å². The number of benzene rings is 1. The van der Waals surface area contributed by atoms with E-state index in [0.717, 1.165) is 25.9 Å². The summed E-state index contributed by atoms with van der Waals surface area (Å²) in [6, 6.07) is 6.45. The van der Waals surface area contributed by atoms with Crippen LogP contribution in [-0.2, 0) is 4.74 Å². The van der Waals surface area contributed by atoms with Crippen molar-refractivity contribution >= 4 is 18.8 Å². The monoisotopic (exact) mass is 300 g/mol. The largest absolute Gasteiger partial charge is 0.444 e. The summed E-state index contributed by atoms with van der Waals surface area (Å²) in [5.74, 6) is 0.541. The summed E-state index contributed by atoms with van der Waals surface area (Å²) in [4.78, 5) is 13.9. The number of carbonyl (C=O) groups excluding carboxylic acids is 1. The lowest BCUT2D eigenvalue weighted by Crippen LogP contribution is -2.42. The van der Waals surface area contributed by atoms with Gasteiger partial charge in [0.25, 0.3) is 0 Å². The van der Waals surface area contributed by atoms with Gasteiger partial charge in [0.05, 0.1) is 0 Å². The Balaban J connectivity index is 1.87. The van der Waals surface area contributed by atoms with Crippen LogP contribution in [0.4, 0.5) is 4.79 Å². The van der Waals surface area contributed by atoms with E-state index < -0.39 is 5.60 Å². The molecule has 0 unspecified atom stereocenters. The van der Waals surface area contributed by atoms with Crippen molar-refractivity contribution in [3.63, 3.8) is 0 Å². The Labute approximate surface area is 135 Å². The van der Waals surface area contributed by atoms with E-state index in [1.54, 1.807) is 0 Å². The molecule has 1 amide bonds. The van der Waals surface area contributed by atoms with Gasteiger partial charge in [-0.3, -0.25) is 0 Å². The van der Waals surface area contributed by atoms with Crippen molar-refractivity contribution in [2.45, 2.75) is 58.9 Å². The van der Waals surface area contributed by atoms with E-state index >= 15 is 0 Å². The smallest absolute Gasteiger partial charge is 0.410 e. The van der Waals surface area contributed by atoms with E-state index in [2.05, 4.69) is 39.3 Å². The highest BCUT2D eigenvalue weighted by atomic mass is 16.6. The number of aryl methyl sites for hydroxylation is 1. The Bertz CT molecular complexity index is 528. The third-order valence-electron chi connectivity index (χ3n) is 4.25. The summed E-state index contributed by atoms with van der Waals surface area (Å²) >= 11 is 0. The van der Waals surface area contributed by atoms with Crippen molar-refractivity contribution < 1.29 is 9.53 Å². The van der Waals surface area contributed by atoms with Crippen LogP contribution in [0.3, 0.4) is 0 Å². The average molecular weight is 300 g/mol. The lowest BCUT2D eigenvalue weighted by molar-refractivity contribution is 0.0216. The predicted molar refractivity (Wildman–Crippen MR) is 92.1 cm³/mol. The first-order valence-corrected chi connectivity index (χ1v) is 8.15. The van der Waals surface area contributed by atoms with Gasteiger partial charge in [-0.05, 0) is 53.0 Å². The van der Waals surface area contributed by atoms with Crippen molar-refractivity contribution in [1.82, 2.24) is 4.90 Å². The van der Waals surface area contributed by atoms with Gasteiger partial charge >= 0.3 is 6.09 Å². The summed E-state index contributed by atoms with van der Waals surface area (Å²) in [5.41, 5.74) is 3.60. The normalized spacial score (nSPS) is 16.5. The molecule has 0 saturated carbocycles. The van der Waals surface area contributed by atoms with E-state index in [1.807, 2.05) is 25.7 Å². The molecule has 3 nitrogen and oxygen atoms in total. The fourth-order valence-electron chi connectivity index (χ4n) is 2.78. The van der Waals surface area contributed by atoms with E-state index in [9.17, 15) is 4.79 Å². The first-order chi connectivity index (χ1) is 10.3. The Morgan fingerprint density at radius 1 is 1.23 bits per heavy atom. The van der Waals surface area contributed by atoms with Gasteiger partial charge in [0.15, 0.2) is 7.28 Å². The molecular weight excluding hydrogens is 273 g/mol. The number of amides is 1. The molecule has 1 saturated heterocycles. The SMILES string of the molecule is Cc1cccc([B]C2CCN(C(=O)OC(C)(C)C)CC2)c1C. The standard InChI is InChI=1S/C18H27BNO2/c1-13-7-6-8-16(14(13)2)19-15-9-11-20(12-10-15)17(21)22-18(3,4)5/h6-8,15H,9-12H2,1-5H3. The van der Waals surface area contributed by atoms with Gasteiger partial charge in [-0.15, -0.1) is 0 Å². The molecule has 1 heterocycles. The molecule has 0 aromatic heterocycles. The molecule has 1 fully saturated rings. The maximum absolute atomic E-state index is 12.1. The first-order valence-electron chi connectivity index (χ1n) is 8.15. The molecule has 0 spiro atoms. The number of rotatable bonds is 2. The zero-order valence-corrected chi connectivity index (χ0v) is 14.5. The van der Waals surface area contributed by atoms with Crippen molar-refractivity contribution in [3.05, 3.63) is 29.3 Å². The maximum Gasteiger partial charge on any atom is 0.410 e. The van der Waals surface area contributed by atoms with Crippen LogP contribution >= 0.6 is 0 Å². The predicted octanol–water partition coefficient (Wildman–Crippen LogP) is 3.45. The molecule has 1 aliphatic rings. The van der Waals surface area contributed by atoms with Crippen LogP contribution in [-0.4, -0.2) is 37.0 Å². The van der Waals surface area contributed by atoms with Crippen LogP contribution in [0.2, 0.25) is 5.82 Å². The summed E-state index contributed by atoms with van der Waals surface area (Å²) in [6.07, 6.45) is 1.83. The quantitative estimate of drug-likeness (QED) is 0.783. The molecule has 0 aliphatic carbocycles. The minimum atomic E-state index is -0.418. The molecule has 1 aromatic rings. The van der Waals surface area contributed by atoms with E-state index in [1.165, 1.54) is 16.6 Å². The number of carbonyl (C=O) groups is 1. The molecule has 119 valence electrons. The molecule has 1 aliphatic heterocycles. The second-order valence-corrected chi connectivity index (χ2v) is 7.26. The highest BCUT2D eigenvalue weighted by molar-refractivity contribution is 6.55. The summed E-state index contributed by atoms with van der Waals surface area (Å²) in [6.45, 7) is 11.6. The molecule has 0 atom stereocenters. The minimum absolute atomic E-state index is 0.183. The van der Waals surface area contributed by atoms with Crippen LogP contribution < -0.4 is 5.46 Å². The molecule has 4 heteroatoms. The van der Waals surface area contributed by atoms with E-state index in [4.69, 9.17) is 4.74 Å². The molecular formula is C18H27BNO2. The Morgan fingerprint density at radius 3 is 2.45 bits per heavy atom. The number of ether oxygens (including phenoxy) is 1. The second-order valence-electron chi connectivity index (χ2n) is 7.26. The van der Waals surface area contributed by atoms with Crippen molar-refractivity contribution in [3.8, 4) is 0 Å². The van der Waals surface area contributed by atoms with Gasteiger partial charge in [-0.1, -0.05) is 35.0 Å². The van der Waals surface area contributed by atoms with Crippen LogP contribution in [0.25, 0.3) is 0 Å². The van der Waals surface area contributed by atoms with Gasteiger partial charge in [-0.2, -0.15) is 0 Å². The van der Waals surface area contributed by atoms with Gasteiger partial charge in [0, 0.05) is 13.1 Å². The topological polar surface area (TPSA) is 29.5 Å². The van der Waals surface area contributed by atoms with Gasteiger partial charge in [0.1, 0.15) is 5.60 Å². The minimum Gasteiger partial charge on any atom is -0.444 e. The Hall–Kier alpha value is -1.45. The molecule has 2 rings (SSSR count). The molecule has 0 N–H and O–H groups in total. The third-order valence-corrected chi connectivity index (χ3v) is 4.25. The molecule has 1 aromatic carbocycles. The number of likely N-dealkylation sites (tertiary alicyclic amines) is 1. The maximum atomic E-state index is 12.1. The van der Waals surface area contributed by atoms with Gasteiger partial charge < -0.3 is 9.64 Å². The zero-order valence-electron chi connectivity index (χ0n) is 14.5. The van der Waals surface area contributed by atoms with E-state index in [-0.39, 0.29) is 6.09 Å². The highest BCUT2D eigenvalue weighted by Gasteiger charge is 2.27. The summed E-state index contributed by atoms with van der Waals surface area (Å²) < 4.78 is 5.44. The van der Waals surface area contributed by atoms with Crippen LogP contribution in [0.15, 0.2) is 18.2 Å². The first kappa shape index (κ1) is 16.9. The molecule has 0 bridgehead atoms. The number of nitrogens with zero attached hydrogens (tertiary/aromatic N) is 1. The number of hydrogen-bond donors (Lipinski definition) is 0. The third kappa shape index (κ3) is 4.52. The fourth-order valence-corrected chi connectivity index (χ4v) is 2.78. The zero-order chi connectivity index (χ0) is 16.3. The highest BCUT2D eigenvalue weighted by Crippen LogP contribution is 2.23. The van der Waals surface area contributed by atoms with Crippen molar-refractivity contribution in [1.29, 1.82) is 0 Å². The van der Waals surface area contributed by atoms with Crippen molar-refractivity contribution in [2.75, 3.05) is 13.1 Å². The lowest BCUT2D eigenvalue weighted by atomic mass is 9.55. The fraction of sp³-hybridized carbons (Fsp3) is 0.611. The Morgan fingerprint density at radius 2 is 1.86 bits per heavy atom. The van der Waals surface area contributed by atoms with Gasteiger partial charge in [-0.25, -0.2) is 4.79 Å². The Kier molecular flexibility index (Phi) is 5.20. The summed E-state index contributed by atoms with van der Waals surface area (Å²) in [5, 5.41) is 0. The van der Waals surface area contributed by atoms with Crippen LogP contribution in [0, 0.1) is 13.8 Å². The number of hydrogen-bond acceptors (Lipinski definition) is 2. The number of piperidine rings is 1. The molecule has 1 radical (unpaired) electrons. The molecule has 22 heavy (non-hydrogen) atoms. The summed E-state index contributed by atoms with van der Waals surface area (Å²) in [7, 11) is 2.37. The van der Waals surface area contributed by atoms with E-state index in [0.29, 0.717) is 5.82 Å². The lowest BCUT2D eigenvalue weighted by Gasteiger charge is -2.33.